The molecule has 4 aromatic rings. The van der Waals surface area contributed by atoms with Crippen LogP contribution in [0.1, 0.15) is 25.5 Å². The number of benzene rings is 1. The van der Waals surface area contributed by atoms with Gasteiger partial charge in [-0.05, 0) is 25.1 Å². The predicted molar refractivity (Wildman–Crippen MR) is 149 cm³/mol. The minimum atomic E-state index is -3.04. The Balaban J connectivity index is 1.40. The van der Waals surface area contributed by atoms with E-state index in [4.69, 9.17) is 32.7 Å². The molecule has 0 aliphatic carbocycles. The first-order valence-electron chi connectivity index (χ1n) is 11.9. The lowest BCUT2D eigenvalue weighted by atomic mass is 9.84. The molecule has 4 heterocycles. The average Bonchev–Trinajstić information content (AvgIpc) is 3.23. The molecule has 1 unspecified atom stereocenters. The van der Waals surface area contributed by atoms with Gasteiger partial charge in [0, 0.05) is 65.9 Å². The molecule has 1 fully saturated rings. The fourth-order valence-corrected chi connectivity index (χ4v) is 7.15. The summed E-state index contributed by atoms with van der Waals surface area (Å²) in [4.78, 5) is 10.7. The monoisotopic (exact) mass is 575 g/mol. The second-order valence-corrected chi connectivity index (χ2v) is 13.0. The summed E-state index contributed by atoms with van der Waals surface area (Å²) in [7, 11) is -1.46. The minimum Gasteiger partial charge on any atom is -0.493 e. The van der Waals surface area contributed by atoms with Crippen molar-refractivity contribution < 1.29 is 17.9 Å². The summed E-state index contributed by atoms with van der Waals surface area (Å²) >= 11 is 12.7. The van der Waals surface area contributed by atoms with E-state index in [1.54, 1.807) is 13.3 Å². The van der Waals surface area contributed by atoms with Crippen LogP contribution in [0.4, 0.5) is 5.82 Å². The highest BCUT2D eigenvalue weighted by atomic mass is 35.5. The highest BCUT2D eigenvalue weighted by molar-refractivity contribution is 7.90. The first-order valence-corrected chi connectivity index (χ1v) is 14.7. The molecule has 1 N–H and O–H groups in total. The van der Waals surface area contributed by atoms with Crippen LogP contribution >= 0.6 is 23.2 Å². The Morgan fingerprint density at radius 3 is 2.45 bits per heavy atom. The average molecular weight is 577 g/mol. The quantitative estimate of drug-likeness (QED) is 0.299. The maximum atomic E-state index is 11.7. The highest BCUT2D eigenvalue weighted by Crippen LogP contribution is 2.40. The minimum absolute atomic E-state index is 0.167. The number of hydrogen-bond acceptors (Lipinski definition) is 8. The fraction of sp³-hybridized carbons (Fsp3) is 0.346. The predicted octanol–water partition coefficient (Wildman–Crippen LogP) is 5.35. The topological polar surface area (TPSA) is 110 Å². The zero-order chi connectivity index (χ0) is 27.2. The second kappa shape index (κ2) is 9.91. The van der Waals surface area contributed by atoms with Crippen LogP contribution in [0.2, 0.25) is 10.0 Å². The molecule has 38 heavy (non-hydrogen) atoms. The molecule has 0 spiro atoms. The standard InChI is InChI=1S/C26H27Cl2N5O4S/c1-15(24-18(27)10-29-11-19(24)28)37-22-7-17-20(8-21(22)36-3)31-32-25(17)16-5-6-23(30-9-16)33-12-26(2,13-33)14-38(4,34)35/h5-11,15H,12-14H2,1-4H3,(H,31,32). The van der Waals surface area contributed by atoms with Gasteiger partial charge in [-0.25, -0.2) is 13.4 Å². The lowest BCUT2D eigenvalue weighted by molar-refractivity contribution is 0.216. The Labute approximate surface area is 231 Å². The number of methoxy groups -OCH3 is 1. The van der Waals surface area contributed by atoms with Crippen LogP contribution in [0, 0.1) is 5.41 Å². The summed E-state index contributed by atoms with van der Waals surface area (Å²) in [5.41, 5.74) is 2.69. The number of nitrogens with zero attached hydrogens (tertiary/aromatic N) is 4. The molecule has 0 bridgehead atoms. The van der Waals surface area contributed by atoms with Gasteiger partial charge in [0.15, 0.2) is 11.5 Å². The van der Waals surface area contributed by atoms with E-state index >= 15 is 0 Å². The molecule has 1 atom stereocenters. The van der Waals surface area contributed by atoms with Gasteiger partial charge >= 0.3 is 0 Å². The number of pyridine rings is 2. The number of sulfone groups is 1. The molecule has 1 aliphatic heterocycles. The number of nitrogens with one attached hydrogen (secondary N) is 1. The summed E-state index contributed by atoms with van der Waals surface area (Å²) in [5.74, 6) is 2.00. The van der Waals surface area contributed by atoms with E-state index in [1.165, 1.54) is 18.6 Å². The van der Waals surface area contributed by atoms with E-state index in [2.05, 4.69) is 25.1 Å². The lowest BCUT2D eigenvalue weighted by Gasteiger charge is -2.48. The van der Waals surface area contributed by atoms with Gasteiger partial charge in [-0.3, -0.25) is 10.1 Å². The summed E-state index contributed by atoms with van der Waals surface area (Å²) in [6.07, 6.45) is 5.63. The number of halogens is 2. The van der Waals surface area contributed by atoms with E-state index < -0.39 is 15.9 Å². The fourth-order valence-electron chi connectivity index (χ4n) is 5.03. The second-order valence-electron chi connectivity index (χ2n) is 10.0. The summed E-state index contributed by atoms with van der Waals surface area (Å²) in [6.45, 7) is 5.12. The maximum Gasteiger partial charge on any atom is 0.162 e. The Morgan fingerprint density at radius 1 is 1.13 bits per heavy atom. The normalized spacial score (nSPS) is 15.8. The summed E-state index contributed by atoms with van der Waals surface area (Å²) in [5, 5.41) is 9.23. The van der Waals surface area contributed by atoms with Gasteiger partial charge in [-0.2, -0.15) is 5.10 Å². The van der Waals surface area contributed by atoms with Crippen molar-refractivity contribution in [3.63, 3.8) is 0 Å². The Kier molecular flexibility index (Phi) is 6.91. The van der Waals surface area contributed by atoms with Gasteiger partial charge in [0.05, 0.1) is 28.4 Å². The number of fused-ring (bicyclic) bond motifs is 1. The number of aromatic amines is 1. The molecule has 1 saturated heterocycles. The third-order valence-corrected chi connectivity index (χ3v) is 8.37. The van der Waals surface area contributed by atoms with Gasteiger partial charge in [0.25, 0.3) is 0 Å². The van der Waals surface area contributed by atoms with E-state index in [9.17, 15) is 8.42 Å². The van der Waals surface area contributed by atoms with Crippen molar-refractivity contribution in [3.05, 3.63) is 58.5 Å². The van der Waals surface area contributed by atoms with Crippen molar-refractivity contribution in [1.82, 2.24) is 20.2 Å². The largest absolute Gasteiger partial charge is 0.493 e. The first kappa shape index (κ1) is 26.5. The van der Waals surface area contributed by atoms with Crippen molar-refractivity contribution in [2.24, 2.45) is 5.41 Å². The number of hydrogen-bond donors (Lipinski definition) is 1. The Hall–Kier alpha value is -3.08. The molecule has 200 valence electrons. The van der Waals surface area contributed by atoms with E-state index in [0.717, 1.165) is 22.3 Å². The zero-order valence-corrected chi connectivity index (χ0v) is 23.7. The van der Waals surface area contributed by atoms with Crippen LogP contribution in [-0.2, 0) is 9.84 Å². The molecule has 3 aromatic heterocycles. The molecule has 1 aromatic carbocycles. The SMILES string of the molecule is COc1cc2[nH]nc(-c3ccc(N4CC(C)(CS(C)(=O)=O)C4)nc3)c2cc1OC(C)c1c(Cl)cncc1Cl. The Morgan fingerprint density at radius 2 is 1.84 bits per heavy atom. The van der Waals surface area contributed by atoms with Crippen LogP contribution < -0.4 is 14.4 Å². The van der Waals surface area contributed by atoms with Gasteiger partial charge in [0.2, 0.25) is 0 Å². The van der Waals surface area contributed by atoms with E-state index in [0.29, 0.717) is 45.9 Å². The van der Waals surface area contributed by atoms with Crippen LogP contribution in [0.25, 0.3) is 22.2 Å². The molecule has 12 heteroatoms. The first-order chi connectivity index (χ1) is 18.0. The lowest BCUT2D eigenvalue weighted by Crippen LogP contribution is -2.58. The third kappa shape index (κ3) is 5.25. The molecule has 9 nitrogen and oxygen atoms in total. The number of ether oxygens (including phenoxy) is 2. The van der Waals surface area contributed by atoms with Crippen molar-refractivity contribution in [2.45, 2.75) is 20.0 Å². The van der Waals surface area contributed by atoms with Gasteiger partial charge in [-0.1, -0.05) is 30.1 Å². The van der Waals surface area contributed by atoms with E-state index in [-0.39, 0.29) is 11.2 Å². The molecule has 1 aliphatic rings. The Bertz CT molecular complexity index is 1580. The number of H-pyrrole nitrogens is 1. The summed E-state index contributed by atoms with van der Waals surface area (Å²) in [6, 6.07) is 7.57. The van der Waals surface area contributed by atoms with Gasteiger partial charge in [0.1, 0.15) is 27.5 Å². The van der Waals surface area contributed by atoms with Crippen LogP contribution in [0.15, 0.2) is 42.9 Å². The maximum absolute atomic E-state index is 11.7. The van der Waals surface area contributed by atoms with Crippen molar-refractivity contribution in [1.29, 1.82) is 0 Å². The van der Waals surface area contributed by atoms with Crippen molar-refractivity contribution in [2.75, 3.05) is 37.1 Å². The van der Waals surface area contributed by atoms with Crippen LogP contribution in [0.3, 0.4) is 0 Å². The molecule has 0 amide bonds. The number of aromatic nitrogens is 4. The highest BCUT2D eigenvalue weighted by Gasteiger charge is 2.41. The summed E-state index contributed by atoms with van der Waals surface area (Å²) < 4.78 is 35.2. The smallest absolute Gasteiger partial charge is 0.162 e. The van der Waals surface area contributed by atoms with Gasteiger partial charge < -0.3 is 14.4 Å². The third-order valence-electron chi connectivity index (χ3n) is 6.55. The molecule has 0 radical (unpaired) electrons. The molecular weight excluding hydrogens is 549 g/mol. The van der Waals surface area contributed by atoms with Crippen LogP contribution in [0.5, 0.6) is 11.5 Å². The molecule has 0 saturated carbocycles. The van der Waals surface area contributed by atoms with Crippen LogP contribution in [-0.4, -0.2) is 60.8 Å². The molecule has 5 rings (SSSR count). The van der Waals surface area contributed by atoms with Crippen molar-refractivity contribution in [3.8, 4) is 22.8 Å². The van der Waals surface area contributed by atoms with Crippen molar-refractivity contribution >= 4 is 49.8 Å². The number of anilines is 1. The van der Waals surface area contributed by atoms with Gasteiger partial charge in [-0.15, -0.1) is 0 Å². The van der Waals surface area contributed by atoms with E-state index in [1.807, 2.05) is 38.1 Å². The number of rotatable bonds is 8. The zero-order valence-electron chi connectivity index (χ0n) is 21.3. The molecular formula is C26H27Cl2N5O4S.